The fraction of sp³-hybridized carbons (Fsp3) is 0.500. The highest BCUT2D eigenvalue weighted by Gasteiger charge is 2.28. The molecule has 138 valence electrons. The number of aliphatic hydroxyl groups excluding tert-OH is 1. The average molecular weight is 353 g/mol. The molecule has 0 bridgehead atoms. The third-order valence-electron chi connectivity index (χ3n) is 3.61. The number of nitro benzene ring substituents is 1. The van der Waals surface area contributed by atoms with E-state index in [9.17, 15) is 24.8 Å². The van der Waals surface area contributed by atoms with Crippen molar-refractivity contribution in [2.75, 3.05) is 0 Å². The van der Waals surface area contributed by atoms with Gasteiger partial charge in [0.25, 0.3) is 11.6 Å². The van der Waals surface area contributed by atoms with Gasteiger partial charge in [-0.25, -0.2) is 4.79 Å². The zero-order valence-corrected chi connectivity index (χ0v) is 14.1. The Kier molecular flexibility index (Phi) is 7.46. The summed E-state index contributed by atoms with van der Waals surface area (Å²) < 4.78 is 0. The Bertz CT molecular complexity index is 617. The predicted molar refractivity (Wildman–Crippen MR) is 89.8 cm³/mol. The Balaban J connectivity index is 2.67. The number of benzene rings is 1. The standard InChI is InChI=1S/C16H23N3O6/c1-9(2)7-13(16(22)23)18-15(21)14(20)12(17)8-10-3-5-11(6-4-10)19(24)25/h3-6,9,12-14,20H,7-8,17H2,1-2H3,(H,18,21)(H,22,23). The number of hydrogen-bond donors (Lipinski definition) is 4. The Labute approximate surface area is 145 Å². The van der Waals surface area contributed by atoms with E-state index in [1.807, 2.05) is 13.8 Å². The first-order valence-corrected chi connectivity index (χ1v) is 7.82. The number of nitrogens with two attached hydrogens (primary N) is 1. The molecule has 3 atom stereocenters. The number of carboxylic acid groups (broad SMARTS) is 1. The van der Waals surface area contributed by atoms with E-state index in [1.54, 1.807) is 0 Å². The zero-order valence-electron chi connectivity index (χ0n) is 14.1. The largest absolute Gasteiger partial charge is 0.480 e. The Morgan fingerprint density at radius 2 is 1.84 bits per heavy atom. The smallest absolute Gasteiger partial charge is 0.326 e. The summed E-state index contributed by atoms with van der Waals surface area (Å²) in [5.41, 5.74) is 6.35. The van der Waals surface area contributed by atoms with Gasteiger partial charge < -0.3 is 21.3 Å². The van der Waals surface area contributed by atoms with E-state index < -0.39 is 35.0 Å². The van der Waals surface area contributed by atoms with Crippen molar-refractivity contribution < 1.29 is 24.7 Å². The molecule has 1 aromatic carbocycles. The summed E-state index contributed by atoms with van der Waals surface area (Å²) in [5.74, 6) is -1.99. The van der Waals surface area contributed by atoms with Gasteiger partial charge in [-0.1, -0.05) is 26.0 Å². The molecule has 0 heterocycles. The second kappa shape index (κ2) is 9.09. The molecule has 5 N–H and O–H groups in total. The molecule has 0 radical (unpaired) electrons. The third-order valence-corrected chi connectivity index (χ3v) is 3.61. The first kappa shape index (κ1) is 20.5. The summed E-state index contributed by atoms with van der Waals surface area (Å²) in [6.45, 7) is 3.64. The Morgan fingerprint density at radius 3 is 2.28 bits per heavy atom. The summed E-state index contributed by atoms with van der Waals surface area (Å²) >= 11 is 0. The molecule has 9 heteroatoms. The van der Waals surface area contributed by atoms with Gasteiger partial charge in [0.15, 0.2) is 0 Å². The number of non-ortho nitro benzene ring substituents is 1. The molecular formula is C16H23N3O6. The van der Waals surface area contributed by atoms with E-state index in [2.05, 4.69) is 5.32 Å². The van der Waals surface area contributed by atoms with E-state index in [-0.39, 0.29) is 24.4 Å². The first-order chi connectivity index (χ1) is 11.6. The van der Waals surface area contributed by atoms with E-state index in [0.717, 1.165) is 0 Å². The van der Waals surface area contributed by atoms with E-state index in [1.165, 1.54) is 24.3 Å². The van der Waals surface area contributed by atoms with Gasteiger partial charge in [0.1, 0.15) is 12.1 Å². The van der Waals surface area contributed by atoms with Crippen LogP contribution in [0.5, 0.6) is 0 Å². The van der Waals surface area contributed by atoms with Crippen LogP contribution in [0.2, 0.25) is 0 Å². The van der Waals surface area contributed by atoms with Gasteiger partial charge in [0, 0.05) is 18.2 Å². The molecule has 0 aliphatic rings. The molecule has 25 heavy (non-hydrogen) atoms. The van der Waals surface area contributed by atoms with Gasteiger partial charge in [0.2, 0.25) is 0 Å². The summed E-state index contributed by atoms with van der Waals surface area (Å²) in [6, 6.07) is 3.50. The maximum atomic E-state index is 12.0. The van der Waals surface area contributed by atoms with Crippen LogP contribution in [-0.4, -0.2) is 45.2 Å². The van der Waals surface area contributed by atoms with Crippen LogP contribution in [0.3, 0.4) is 0 Å². The number of carboxylic acids is 1. The minimum atomic E-state index is -1.59. The maximum Gasteiger partial charge on any atom is 0.326 e. The molecule has 0 aromatic heterocycles. The number of carbonyl (C=O) groups is 2. The number of amides is 1. The molecule has 0 aliphatic heterocycles. The van der Waals surface area contributed by atoms with Gasteiger partial charge in [-0.3, -0.25) is 14.9 Å². The van der Waals surface area contributed by atoms with Crippen LogP contribution in [0, 0.1) is 16.0 Å². The lowest BCUT2D eigenvalue weighted by atomic mass is 10.00. The van der Waals surface area contributed by atoms with Crippen molar-refractivity contribution >= 4 is 17.6 Å². The van der Waals surface area contributed by atoms with Gasteiger partial charge in [-0.05, 0) is 24.3 Å². The van der Waals surface area contributed by atoms with E-state index in [0.29, 0.717) is 5.56 Å². The number of nitrogens with zero attached hydrogens (tertiary/aromatic N) is 1. The minimum Gasteiger partial charge on any atom is -0.480 e. The van der Waals surface area contributed by atoms with Crippen LogP contribution in [0.15, 0.2) is 24.3 Å². The second-order valence-corrected chi connectivity index (χ2v) is 6.27. The maximum absolute atomic E-state index is 12.0. The van der Waals surface area contributed by atoms with Crippen molar-refractivity contribution in [3.63, 3.8) is 0 Å². The lowest BCUT2D eigenvalue weighted by molar-refractivity contribution is -0.384. The number of nitrogens with one attached hydrogen (secondary N) is 1. The molecule has 1 amide bonds. The Morgan fingerprint density at radius 1 is 1.28 bits per heavy atom. The number of nitro groups is 1. The molecular weight excluding hydrogens is 330 g/mol. The molecule has 0 fully saturated rings. The summed E-state index contributed by atoms with van der Waals surface area (Å²) in [6.07, 6.45) is -1.26. The highest BCUT2D eigenvalue weighted by molar-refractivity contribution is 5.86. The van der Waals surface area contributed by atoms with Crippen molar-refractivity contribution in [2.45, 2.75) is 44.9 Å². The fourth-order valence-electron chi connectivity index (χ4n) is 2.28. The quantitative estimate of drug-likeness (QED) is 0.371. The summed E-state index contributed by atoms with van der Waals surface area (Å²) in [4.78, 5) is 33.2. The van der Waals surface area contributed by atoms with Crippen LogP contribution in [0.4, 0.5) is 5.69 Å². The molecule has 1 rings (SSSR count). The first-order valence-electron chi connectivity index (χ1n) is 7.82. The normalized spacial score (nSPS) is 14.6. The molecule has 0 spiro atoms. The van der Waals surface area contributed by atoms with Crippen LogP contribution in [0.1, 0.15) is 25.8 Å². The van der Waals surface area contributed by atoms with Crippen molar-refractivity contribution in [1.82, 2.24) is 5.32 Å². The fourth-order valence-corrected chi connectivity index (χ4v) is 2.28. The van der Waals surface area contributed by atoms with Gasteiger partial charge in [-0.15, -0.1) is 0 Å². The van der Waals surface area contributed by atoms with Crippen molar-refractivity contribution in [3.05, 3.63) is 39.9 Å². The summed E-state index contributed by atoms with van der Waals surface area (Å²) in [5, 5.41) is 32.0. The monoisotopic (exact) mass is 353 g/mol. The average Bonchev–Trinajstić information content (AvgIpc) is 2.53. The molecule has 0 saturated heterocycles. The van der Waals surface area contributed by atoms with Crippen molar-refractivity contribution in [1.29, 1.82) is 0 Å². The lowest BCUT2D eigenvalue weighted by Gasteiger charge is -2.22. The number of aliphatic carboxylic acids is 1. The van der Waals surface area contributed by atoms with E-state index in [4.69, 9.17) is 10.8 Å². The van der Waals surface area contributed by atoms with Gasteiger partial charge in [-0.2, -0.15) is 0 Å². The van der Waals surface area contributed by atoms with Crippen molar-refractivity contribution in [2.24, 2.45) is 11.7 Å². The zero-order chi connectivity index (χ0) is 19.1. The van der Waals surface area contributed by atoms with Crippen LogP contribution < -0.4 is 11.1 Å². The lowest BCUT2D eigenvalue weighted by Crippen LogP contribution is -2.52. The van der Waals surface area contributed by atoms with Crippen LogP contribution in [-0.2, 0) is 16.0 Å². The third kappa shape index (κ3) is 6.48. The predicted octanol–water partition coefficient (Wildman–Crippen LogP) is 0.441. The highest BCUT2D eigenvalue weighted by atomic mass is 16.6. The van der Waals surface area contributed by atoms with E-state index >= 15 is 0 Å². The number of aliphatic hydroxyl groups is 1. The number of carbonyl (C=O) groups excluding carboxylic acids is 1. The van der Waals surface area contributed by atoms with Gasteiger partial charge >= 0.3 is 5.97 Å². The molecule has 3 unspecified atom stereocenters. The topological polar surface area (TPSA) is 156 Å². The second-order valence-electron chi connectivity index (χ2n) is 6.27. The molecule has 0 aliphatic carbocycles. The number of hydrogen-bond acceptors (Lipinski definition) is 6. The molecule has 0 saturated carbocycles. The molecule has 9 nitrogen and oxygen atoms in total. The minimum absolute atomic E-state index is 0.0484. The van der Waals surface area contributed by atoms with Crippen LogP contribution in [0.25, 0.3) is 0 Å². The molecule has 1 aromatic rings. The SMILES string of the molecule is CC(C)CC(NC(=O)C(O)C(N)Cc1ccc([N+](=O)[O-])cc1)C(=O)O. The van der Waals surface area contributed by atoms with Crippen molar-refractivity contribution in [3.8, 4) is 0 Å². The van der Waals surface area contributed by atoms with Crippen LogP contribution >= 0.6 is 0 Å². The summed E-state index contributed by atoms with van der Waals surface area (Å²) in [7, 11) is 0. The Hall–Kier alpha value is -2.52. The number of rotatable bonds is 9. The van der Waals surface area contributed by atoms with Gasteiger partial charge in [0.05, 0.1) is 4.92 Å². The highest BCUT2D eigenvalue weighted by Crippen LogP contribution is 2.14.